The van der Waals surface area contributed by atoms with Crippen LogP contribution in [0, 0.1) is 3.57 Å². The molecule has 1 aromatic carbocycles. The van der Waals surface area contributed by atoms with Crippen LogP contribution in [0.2, 0.25) is 0 Å². The van der Waals surface area contributed by atoms with Crippen molar-refractivity contribution in [2.45, 2.75) is 13.3 Å². The maximum atomic E-state index is 11.7. The van der Waals surface area contributed by atoms with Gasteiger partial charge in [-0.05, 0) is 47.2 Å². The minimum Gasteiger partial charge on any atom is -0.465 e. The molecule has 16 heavy (non-hydrogen) atoms. The van der Waals surface area contributed by atoms with Crippen molar-refractivity contribution in [3.63, 3.8) is 0 Å². The van der Waals surface area contributed by atoms with Crippen LogP contribution >= 0.6 is 22.6 Å². The molecule has 0 spiro atoms. The Morgan fingerprint density at radius 3 is 3.06 bits per heavy atom. The second-order valence-electron chi connectivity index (χ2n) is 3.38. The summed E-state index contributed by atoms with van der Waals surface area (Å²) in [4.78, 5) is 18.6. The highest BCUT2D eigenvalue weighted by Crippen LogP contribution is 2.13. The first kappa shape index (κ1) is 11.4. The molecule has 0 aliphatic heterocycles. The number of nitrogens with one attached hydrogen (secondary N) is 1. The summed E-state index contributed by atoms with van der Waals surface area (Å²) in [5.41, 5.74) is 0.505. The predicted molar refractivity (Wildman–Crippen MR) is 70.9 cm³/mol. The highest BCUT2D eigenvalue weighted by molar-refractivity contribution is 14.1. The van der Waals surface area contributed by atoms with E-state index in [2.05, 4.69) is 32.6 Å². The van der Waals surface area contributed by atoms with Gasteiger partial charge < -0.3 is 4.74 Å². The molecule has 0 saturated carbocycles. The van der Waals surface area contributed by atoms with Crippen LogP contribution in [0.3, 0.4) is 0 Å². The fraction of sp³-hybridized carbons (Fsp3) is 0.273. The third-order valence-corrected chi connectivity index (χ3v) is 2.76. The Bertz CT molecular complexity index is 565. The smallest absolute Gasteiger partial charge is 0.297 e. The molecule has 4 nitrogen and oxygen atoms in total. The Labute approximate surface area is 106 Å². The summed E-state index contributed by atoms with van der Waals surface area (Å²) in [5, 5.41) is 0.593. The summed E-state index contributed by atoms with van der Waals surface area (Å²) in [6, 6.07) is 5.84. The zero-order valence-corrected chi connectivity index (χ0v) is 10.9. The van der Waals surface area contributed by atoms with Crippen molar-refractivity contribution >= 4 is 33.5 Å². The second kappa shape index (κ2) is 4.82. The molecule has 0 amide bonds. The normalized spacial score (nSPS) is 10.6. The summed E-state index contributed by atoms with van der Waals surface area (Å²) in [6.07, 6.45) is 0.883. The Morgan fingerprint density at radius 1 is 1.50 bits per heavy atom. The van der Waals surface area contributed by atoms with Gasteiger partial charge in [0.15, 0.2) is 0 Å². The molecule has 0 saturated heterocycles. The lowest BCUT2D eigenvalue weighted by atomic mass is 10.2. The lowest BCUT2D eigenvalue weighted by Crippen LogP contribution is -2.11. The average molecular weight is 330 g/mol. The molecule has 2 aromatic rings. The zero-order valence-electron chi connectivity index (χ0n) is 8.79. The molecule has 0 atom stereocenters. The number of H-pyrrole nitrogens is 1. The number of aromatic nitrogens is 2. The van der Waals surface area contributed by atoms with E-state index >= 15 is 0 Å². The molecule has 84 valence electrons. The van der Waals surface area contributed by atoms with Crippen LogP contribution < -0.4 is 10.3 Å². The van der Waals surface area contributed by atoms with Gasteiger partial charge in [-0.25, -0.2) is 0 Å². The molecular weight excluding hydrogens is 319 g/mol. The summed E-state index contributed by atoms with van der Waals surface area (Å²) < 4.78 is 6.32. The van der Waals surface area contributed by atoms with Crippen LogP contribution in [0.4, 0.5) is 0 Å². The Morgan fingerprint density at radius 2 is 2.31 bits per heavy atom. The summed E-state index contributed by atoms with van der Waals surface area (Å²) in [6.45, 7) is 2.56. The summed E-state index contributed by atoms with van der Waals surface area (Å²) >= 11 is 2.16. The molecular formula is C11H11IN2O2. The van der Waals surface area contributed by atoms with E-state index in [0.29, 0.717) is 23.5 Å². The van der Waals surface area contributed by atoms with E-state index in [0.717, 1.165) is 9.99 Å². The van der Waals surface area contributed by atoms with Crippen molar-refractivity contribution in [2.75, 3.05) is 6.61 Å². The number of halogens is 1. The van der Waals surface area contributed by atoms with Gasteiger partial charge in [0.2, 0.25) is 0 Å². The summed E-state index contributed by atoms with van der Waals surface area (Å²) in [7, 11) is 0. The van der Waals surface area contributed by atoms with E-state index < -0.39 is 0 Å². The van der Waals surface area contributed by atoms with Crippen molar-refractivity contribution in [1.29, 1.82) is 0 Å². The zero-order chi connectivity index (χ0) is 11.5. The average Bonchev–Trinajstić information content (AvgIpc) is 2.27. The predicted octanol–water partition coefficient (Wildman–Crippen LogP) is 2.32. The monoisotopic (exact) mass is 330 g/mol. The van der Waals surface area contributed by atoms with Gasteiger partial charge in [0.1, 0.15) is 0 Å². The first-order valence-electron chi connectivity index (χ1n) is 5.03. The topological polar surface area (TPSA) is 55.0 Å². The van der Waals surface area contributed by atoms with Crippen LogP contribution in [-0.4, -0.2) is 16.6 Å². The fourth-order valence-corrected chi connectivity index (χ4v) is 1.85. The Hall–Kier alpha value is -1.11. The molecule has 0 aliphatic rings. The molecule has 0 unspecified atom stereocenters. The van der Waals surface area contributed by atoms with E-state index in [4.69, 9.17) is 4.74 Å². The molecule has 1 heterocycles. The van der Waals surface area contributed by atoms with Crippen molar-refractivity contribution in [2.24, 2.45) is 0 Å². The minimum atomic E-state index is -0.158. The molecule has 0 aliphatic carbocycles. The van der Waals surface area contributed by atoms with Gasteiger partial charge in [-0.3, -0.25) is 9.78 Å². The van der Waals surface area contributed by atoms with Gasteiger partial charge in [0.05, 0.1) is 17.5 Å². The van der Waals surface area contributed by atoms with Crippen LogP contribution in [-0.2, 0) is 0 Å². The fourth-order valence-electron chi connectivity index (χ4n) is 1.36. The first-order chi connectivity index (χ1) is 7.70. The molecule has 1 N–H and O–H groups in total. The van der Waals surface area contributed by atoms with Gasteiger partial charge in [0, 0.05) is 3.57 Å². The lowest BCUT2D eigenvalue weighted by Gasteiger charge is -2.04. The molecule has 0 bridgehead atoms. The van der Waals surface area contributed by atoms with Gasteiger partial charge in [-0.15, -0.1) is 0 Å². The number of nitrogens with zero attached hydrogens (tertiary/aromatic N) is 1. The minimum absolute atomic E-state index is 0.158. The van der Waals surface area contributed by atoms with Gasteiger partial charge in [-0.2, -0.15) is 4.98 Å². The van der Waals surface area contributed by atoms with Crippen molar-refractivity contribution in [3.05, 3.63) is 32.1 Å². The highest BCUT2D eigenvalue weighted by atomic mass is 127. The number of benzene rings is 1. The molecule has 0 radical (unpaired) electrons. The maximum Gasteiger partial charge on any atom is 0.297 e. The van der Waals surface area contributed by atoms with E-state index in [1.54, 1.807) is 0 Å². The quantitative estimate of drug-likeness (QED) is 0.879. The van der Waals surface area contributed by atoms with Crippen LogP contribution in [0.5, 0.6) is 6.01 Å². The Kier molecular flexibility index (Phi) is 3.42. The number of hydrogen-bond donors (Lipinski definition) is 1. The van der Waals surface area contributed by atoms with Gasteiger partial charge in [-0.1, -0.05) is 6.92 Å². The molecule has 5 heteroatoms. The standard InChI is InChI=1S/C11H11IN2O2/c1-2-5-16-11-13-9-4-3-7(12)6-8(9)10(15)14-11/h3-4,6H,2,5H2,1H3,(H,13,14,15). The number of hydrogen-bond acceptors (Lipinski definition) is 3. The molecule has 1 aromatic heterocycles. The first-order valence-corrected chi connectivity index (χ1v) is 6.11. The van der Waals surface area contributed by atoms with Crippen LogP contribution in [0.25, 0.3) is 10.9 Å². The van der Waals surface area contributed by atoms with Crippen LogP contribution in [0.15, 0.2) is 23.0 Å². The number of fused-ring (bicyclic) bond motifs is 1. The van der Waals surface area contributed by atoms with Crippen LogP contribution in [0.1, 0.15) is 13.3 Å². The maximum absolute atomic E-state index is 11.7. The number of aromatic amines is 1. The highest BCUT2D eigenvalue weighted by Gasteiger charge is 2.04. The third-order valence-electron chi connectivity index (χ3n) is 2.09. The van der Waals surface area contributed by atoms with Crippen molar-refractivity contribution in [1.82, 2.24) is 9.97 Å². The Balaban J connectivity index is 2.51. The number of ether oxygens (including phenoxy) is 1. The van der Waals surface area contributed by atoms with E-state index in [1.807, 2.05) is 25.1 Å². The summed E-state index contributed by atoms with van der Waals surface area (Å²) in [5.74, 6) is 0. The lowest BCUT2D eigenvalue weighted by molar-refractivity contribution is 0.293. The number of rotatable bonds is 3. The van der Waals surface area contributed by atoms with E-state index in [-0.39, 0.29) is 5.56 Å². The third kappa shape index (κ3) is 2.34. The molecule has 0 fully saturated rings. The SMILES string of the molecule is CCCOc1nc2ccc(I)cc2c(=O)[nH]1. The van der Waals surface area contributed by atoms with E-state index in [1.165, 1.54) is 0 Å². The van der Waals surface area contributed by atoms with Gasteiger partial charge >= 0.3 is 0 Å². The van der Waals surface area contributed by atoms with E-state index in [9.17, 15) is 4.79 Å². The van der Waals surface area contributed by atoms with Crippen molar-refractivity contribution in [3.8, 4) is 6.01 Å². The van der Waals surface area contributed by atoms with Crippen molar-refractivity contribution < 1.29 is 4.74 Å². The second-order valence-corrected chi connectivity index (χ2v) is 4.63. The largest absolute Gasteiger partial charge is 0.465 e. The molecule has 2 rings (SSSR count). The van der Waals surface area contributed by atoms with Gasteiger partial charge in [0.25, 0.3) is 11.6 Å².